The Morgan fingerprint density at radius 2 is 1.96 bits per heavy atom. The molecule has 6 heteroatoms. The van der Waals surface area contributed by atoms with E-state index in [2.05, 4.69) is 15.1 Å². The van der Waals surface area contributed by atoms with E-state index in [1.165, 1.54) is 17.0 Å². The van der Waals surface area contributed by atoms with Gasteiger partial charge < -0.3 is 4.74 Å². The predicted octanol–water partition coefficient (Wildman–Crippen LogP) is 3.39. The van der Waals surface area contributed by atoms with Crippen molar-refractivity contribution in [2.75, 3.05) is 19.0 Å². The van der Waals surface area contributed by atoms with Crippen LogP contribution < -0.4 is 4.74 Å². The highest BCUT2D eigenvalue weighted by Gasteiger charge is 2.41. The lowest BCUT2D eigenvalue weighted by Crippen LogP contribution is -2.24. The van der Waals surface area contributed by atoms with E-state index in [9.17, 15) is 4.39 Å². The highest BCUT2D eigenvalue weighted by atomic mass is 32.2. The number of nitrogens with one attached hydrogen (secondary N) is 1. The topological polar surface area (TPSA) is 41.1 Å². The van der Waals surface area contributed by atoms with Crippen molar-refractivity contribution >= 4 is 11.8 Å². The molecular formula is C17H20FN3OS. The molecule has 1 aliphatic heterocycles. The Bertz CT molecular complexity index is 620. The molecule has 4 rings (SSSR count). The summed E-state index contributed by atoms with van der Waals surface area (Å²) in [7, 11) is 0. The zero-order valence-corrected chi connectivity index (χ0v) is 13.6. The highest BCUT2D eigenvalue weighted by Crippen LogP contribution is 2.40. The molecule has 2 fully saturated rings. The number of benzene rings is 1. The first-order valence-corrected chi connectivity index (χ1v) is 9.01. The molecule has 2 aromatic rings. The number of hydrogen-bond acceptors (Lipinski definition) is 4. The number of nitrogens with zero attached hydrogens (tertiary/aromatic N) is 2. The third kappa shape index (κ3) is 3.53. The average Bonchev–Trinajstić information content (AvgIpc) is 3.23. The Morgan fingerprint density at radius 3 is 2.61 bits per heavy atom. The van der Waals surface area contributed by atoms with Crippen molar-refractivity contribution in [3.63, 3.8) is 0 Å². The largest absolute Gasteiger partial charge is 0.490 e. The molecule has 2 heterocycles. The quantitative estimate of drug-likeness (QED) is 0.852. The lowest BCUT2D eigenvalue weighted by Gasteiger charge is -2.19. The zero-order chi connectivity index (χ0) is 15.6. The summed E-state index contributed by atoms with van der Waals surface area (Å²) in [6.45, 7) is 2.30. The van der Waals surface area contributed by atoms with E-state index in [4.69, 9.17) is 4.74 Å². The Morgan fingerprint density at radius 1 is 1.22 bits per heavy atom. The molecule has 1 aromatic carbocycles. The summed E-state index contributed by atoms with van der Waals surface area (Å²) in [5, 5.41) is 6.82. The van der Waals surface area contributed by atoms with E-state index >= 15 is 0 Å². The molecule has 0 bridgehead atoms. The van der Waals surface area contributed by atoms with E-state index in [0.29, 0.717) is 0 Å². The molecule has 4 nitrogen and oxygen atoms in total. The van der Waals surface area contributed by atoms with Crippen LogP contribution in [-0.4, -0.2) is 40.2 Å². The summed E-state index contributed by atoms with van der Waals surface area (Å²) < 4.78 is 19.0. The van der Waals surface area contributed by atoms with Crippen molar-refractivity contribution in [1.82, 2.24) is 15.1 Å². The number of fused-ring (bicyclic) bond motifs is 1. The van der Waals surface area contributed by atoms with E-state index in [-0.39, 0.29) is 11.9 Å². The number of hydrogen-bond donors (Lipinski definition) is 1. The van der Waals surface area contributed by atoms with E-state index in [1.807, 2.05) is 24.2 Å². The van der Waals surface area contributed by atoms with Gasteiger partial charge in [-0.25, -0.2) is 4.39 Å². The first kappa shape index (κ1) is 15.0. The molecule has 1 aliphatic carbocycles. The lowest BCUT2D eigenvalue weighted by molar-refractivity contribution is 0.189. The van der Waals surface area contributed by atoms with Crippen LogP contribution in [0.1, 0.15) is 12.8 Å². The van der Waals surface area contributed by atoms with Gasteiger partial charge in [-0.15, -0.1) is 11.8 Å². The van der Waals surface area contributed by atoms with Gasteiger partial charge in [-0.3, -0.25) is 10.00 Å². The predicted molar refractivity (Wildman–Crippen MR) is 87.9 cm³/mol. The summed E-state index contributed by atoms with van der Waals surface area (Å²) in [6.07, 6.45) is 6.30. The van der Waals surface area contributed by atoms with Crippen LogP contribution in [0.5, 0.6) is 5.75 Å². The van der Waals surface area contributed by atoms with Crippen LogP contribution in [0.4, 0.5) is 4.39 Å². The van der Waals surface area contributed by atoms with Gasteiger partial charge in [-0.1, -0.05) is 0 Å². The van der Waals surface area contributed by atoms with Crippen LogP contribution in [0.25, 0.3) is 0 Å². The Hall–Kier alpha value is -1.53. The van der Waals surface area contributed by atoms with Crippen molar-refractivity contribution in [2.24, 2.45) is 11.8 Å². The number of likely N-dealkylation sites (tertiary alicyclic amines) is 1. The van der Waals surface area contributed by atoms with Crippen LogP contribution in [-0.2, 0) is 0 Å². The van der Waals surface area contributed by atoms with Crippen molar-refractivity contribution in [3.8, 4) is 5.75 Å². The van der Waals surface area contributed by atoms with Gasteiger partial charge in [-0.2, -0.15) is 5.10 Å². The molecule has 1 aromatic heterocycles. The highest BCUT2D eigenvalue weighted by molar-refractivity contribution is 7.99. The van der Waals surface area contributed by atoms with Gasteiger partial charge in [0.25, 0.3) is 0 Å². The number of rotatable bonds is 5. The maximum absolute atomic E-state index is 12.9. The Balaban J connectivity index is 1.25. The van der Waals surface area contributed by atoms with Gasteiger partial charge in [0, 0.05) is 30.1 Å². The summed E-state index contributed by atoms with van der Waals surface area (Å²) in [5.41, 5.74) is 0. The third-order valence-electron chi connectivity index (χ3n) is 4.79. The van der Waals surface area contributed by atoms with Crippen molar-refractivity contribution in [2.45, 2.75) is 23.8 Å². The number of thioether (sulfide) groups is 1. The maximum Gasteiger partial charge on any atom is 0.123 e. The summed E-state index contributed by atoms with van der Waals surface area (Å²) >= 11 is 1.83. The molecule has 2 aliphatic rings. The van der Waals surface area contributed by atoms with E-state index < -0.39 is 0 Å². The van der Waals surface area contributed by atoms with Gasteiger partial charge in [0.05, 0.1) is 12.3 Å². The first-order valence-electron chi connectivity index (χ1n) is 8.02. The molecule has 0 unspecified atom stereocenters. The minimum absolute atomic E-state index is 0.216. The maximum atomic E-state index is 12.9. The van der Waals surface area contributed by atoms with Crippen LogP contribution in [0, 0.1) is 17.7 Å². The Kier molecular flexibility index (Phi) is 4.27. The fourth-order valence-electron chi connectivity index (χ4n) is 3.73. The minimum Gasteiger partial charge on any atom is -0.490 e. The van der Waals surface area contributed by atoms with E-state index in [0.717, 1.165) is 49.4 Å². The second-order valence-electron chi connectivity index (χ2n) is 6.43. The van der Waals surface area contributed by atoms with Crippen LogP contribution in [0.2, 0.25) is 0 Å². The smallest absolute Gasteiger partial charge is 0.123 e. The molecule has 23 heavy (non-hydrogen) atoms. The van der Waals surface area contributed by atoms with Crippen LogP contribution >= 0.6 is 11.8 Å². The number of aromatic nitrogens is 2. The van der Waals surface area contributed by atoms with Gasteiger partial charge in [0.1, 0.15) is 11.6 Å². The number of halogens is 1. The van der Waals surface area contributed by atoms with Crippen LogP contribution in [0.3, 0.4) is 0 Å². The standard InChI is InChI=1S/C17H20FN3OS/c18-14-1-3-15(4-2-14)22-16-5-12-9-21(10-13(12)6-16)11-23-17-7-19-20-8-17/h1-4,7-8,12-13,16H,5-6,9-11H2,(H,19,20)/t12-,13+,16+. The van der Waals surface area contributed by atoms with Crippen molar-refractivity contribution in [3.05, 3.63) is 42.5 Å². The molecule has 1 N–H and O–H groups in total. The Labute approximate surface area is 139 Å². The molecule has 1 saturated carbocycles. The molecular weight excluding hydrogens is 313 g/mol. The van der Waals surface area contributed by atoms with Crippen LogP contribution in [0.15, 0.2) is 41.6 Å². The van der Waals surface area contributed by atoms with Gasteiger partial charge in [-0.05, 0) is 48.9 Å². The number of aromatic amines is 1. The normalized spacial score (nSPS) is 27.3. The lowest BCUT2D eigenvalue weighted by atomic mass is 10.0. The van der Waals surface area contributed by atoms with Gasteiger partial charge >= 0.3 is 0 Å². The monoisotopic (exact) mass is 333 g/mol. The third-order valence-corrected chi connectivity index (χ3v) is 5.84. The fraction of sp³-hybridized carbons (Fsp3) is 0.471. The SMILES string of the molecule is Fc1ccc(O[C@H]2C[C@@H]3CN(CSc4cn[nH]c4)C[C@@H]3C2)cc1. The zero-order valence-electron chi connectivity index (χ0n) is 12.8. The summed E-state index contributed by atoms with van der Waals surface area (Å²) in [5.74, 6) is 3.04. The average molecular weight is 333 g/mol. The fourth-order valence-corrected chi connectivity index (χ4v) is 4.54. The molecule has 0 radical (unpaired) electrons. The number of ether oxygens (including phenoxy) is 1. The second kappa shape index (κ2) is 6.53. The molecule has 1 saturated heterocycles. The minimum atomic E-state index is -0.216. The molecule has 0 spiro atoms. The van der Waals surface area contributed by atoms with E-state index in [1.54, 1.807) is 12.1 Å². The molecule has 0 amide bonds. The first-order chi connectivity index (χ1) is 11.3. The van der Waals surface area contributed by atoms with Gasteiger partial charge in [0.15, 0.2) is 0 Å². The summed E-state index contributed by atoms with van der Waals surface area (Å²) in [6, 6.07) is 6.36. The molecule has 122 valence electrons. The van der Waals surface area contributed by atoms with Crippen molar-refractivity contribution in [1.29, 1.82) is 0 Å². The van der Waals surface area contributed by atoms with Crippen molar-refractivity contribution < 1.29 is 9.13 Å². The molecule has 3 atom stereocenters. The van der Waals surface area contributed by atoms with Gasteiger partial charge in [0.2, 0.25) is 0 Å². The number of H-pyrrole nitrogens is 1. The second-order valence-corrected chi connectivity index (χ2v) is 7.45. The summed E-state index contributed by atoms with van der Waals surface area (Å²) in [4.78, 5) is 3.72.